The van der Waals surface area contributed by atoms with Crippen LogP contribution in [0.4, 0.5) is 8.78 Å². The fraction of sp³-hybridized carbons (Fsp3) is 0.0769. The molecule has 94 valence electrons. The minimum Gasteiger partial charge on any atom is -0.320 e. The van der Waals surface area contributed by atoms with Crippen molar-refractivity contribution in [3.63, 3.8) is 0 Å². The normalized spacial score (nSPS) is 12.5. The Bertz CT molecular complexity index is 589. The highest BCUT2D eigenvalue weighted by Crippen LogP contribution is 2.27. The molecule has 0 saturated heterocycles. The first-order chi connectivity index (χ1) is 8.49. The first kappa shape index (κ1) is 13.7. The van der Waals surface area contributed by atoms with Gasteiger partial charge in [0.1, 0.15) is 11.6 Å². The Morgan fingerprint density at radius 3 is 2.44 bits per heavy atom. The first-order valence-corrected chi connectivity index (χ1v) is 6.60. The topological polar surface area (TPSA) is 26.0 Å². The van der Waals surface area contributed by atoms with E-state index in [1.807, 2.05) is 0 Å². The predicted molar refractivity (Wildman–Crippen MR) is 76.6 cm³/mol. The van der Waals surface area contributed by atoms with E-state index in [2.05, 4.69) is 22.6 Å². The molecule has 0 saturated carbocycles. The maximum Gasteiger partial charge on any atom is 0.131 e. The standard InChI is InChI=1S/C13H9ClF2IN/c14-10-5-7(1-4-12(10)17)13(18)9-3-2-8(15)6-11(9)16/h1-6,13H,18H2. The van der Waals surface area contributed by atoms with Crippen LogP contribution in [0.5, 0.6) is 0 Å². The first-order valence-electron chi connectivity index (χ1n) is 5.14. The number of hydrogen-bond donors (Lipinski definition) is 1. The lowest BCUT2D eigenvalue weighted by atomic mass is 9.99. The van der Waals surface area contributed by atoms with Crippen molar-refractivity contribution >= 4 is 34.2 Å². The average Bonchev–Trinajstić information content (AvgIpc) is 2.32. The molecule has 0 radical (unpaired) electrons. The van der Waals surface area contributed by atoms with Crippen molar-refractivity contribution in [3.8, 4) is 0 Å². The summed E-state index contributed by atoms with van der Waals surface area (Å²) in [6.07, 6.45) is 0. The molecule has 0 fully saturated rings. The molecular weight excluding hydrogens is 371 g/mol. The number of nitrogens with two attached hydrogens (primary N) is 1. The number of rotatable bonds is 2. The molecule has 0 aliphatic carbocycles. The van der Waals surface area contributed by atoms with Crippen molar-refractivity contribution in [3.05, 3.63) is 67.8 Å². The van der Waals surface area contributed by atoms with Crippen LogP contribution in [-0.2, 0) is 0 Å². The van der Waals surface area contributed by atoms with Gasteiger partial charge in [-0.05, 0) is 46.4 Å². The summed E-state index contributed by atoms with van der Waals surface area (Å²) in [6.45, 7) is 0. The van der Waals surface area contributed by atoms with Crippen LogP contribution in [0.3, 0.4) is 0 Å². The monoisotopic (exact) mass is 379 g/mol. The molecule has 0 heterocycles. The summed E-state index contributed by atoms with van der Waals surface area (Å²) in [7, 11) is 0. The highest BCUT2D eigenvalue weighted by molar-refractivity contribution is 14.1. The summed E-state index contributed by atoms with van der Waals surface area (Å²) >= 11 is 8.09. The van der Waals surface area contributed by atoms with E-state index in [-0.39, 0.29) is 5.56 Å². The summed E-state index contributed by atoms with van der Waals surface area (Å²) in [5, 5.41) is 0.561. The molecule has 18 heavy (non-hydrogen) atoms. The number of benzene rings is 2. The van der Waals surface area contributed by atoms with Crippen LogP contribution >= 0.6 is 34.2 Å². The van der Waals surface area contributed by atoms with Gasteiger partial charge in [0.2, 0.25) is 0 Å². The van der Waals surface area contributed by atoms with E-state index in [4.69, 9.17) is 17.3 Å². The minimum absolute atomic E-state index is 0.244. The summed E-state index contributed by atoms with van der Waals surface area (Å²) in [5.41, 5.74) is 6.89. The summed E-state index contributed by atoms with van der Waals surface area (Å²) < 4.78 is 27.3. The van der Waals surface area contributed by atoms with Gasteiger partial charge in [0.25, 0.3) is 0 Å². The molecule has 2 rings (SSSR count). The molecule has 2 aromatic carbocycles. The molecule has 0 aliphatic rings. The van der Waals surface area contributed by atoms with Gasteiger partial charge in [-0.1, -0.05) is 23.7 Å². The maximum absolute atomic E-state index is 13.6. The maximum atomic E-state index is 13.6. The highest BCUT2D eigenvalue weighted by atomic mass is 127. The van der Waals surface area contributed by atoms with Gasteiger partial charge in [-0.25, -0.2) is 8.78 Å². The van der Waals surface area contributed by atoms with Crippen molar-refractivity contribution in [2.24, 2.45) is 5.73 Å². The van der Waals surface area contributed by atoms with E-state index in [0.29, 0.717) is 10.6 Å². The molecule has 5 heteroatoms. The Hall–Kier alpha value is -0.720. The van der Waals surface area contributed by atoms with Crippen LogP contribution in [-0.4, -0.2) is 0 Å². The average molecular weight is 380 g/mol. The van der Waals surface area contributed by atoms with Crippen molar-refractivity contribution in [1.29, 1.82) is 0 Å². The van der Waals surface area contributed by atoms with E-state index < -0.39 is 17.7 Å². The third-order valence-electron chi connectivity index (χ3n) is 2.60. The van der Waals surface area contributed by atoms with Gasteiger partial charge in [0.05, 0.1) is 11.1 Å². The van der Waals surface area contributed by atoms with Gasteiger partial charge >= 0.3 is 0 Å². The van der Waals surface area contributed by atoms with Gasteiger partial charge in [-0.15, -0.1) is 0 Å². The number of hydrogen-bond acceptors (Lipinski definition) is 1. The Kier molecular flexibility index (Phi) is 4.19. The van der Waals surface area contributed by atoms with Gasteiger partial charge in [-0.2, -0.15) is 0 Å². The fourth-order valence-corrected chi connectivity index (χ4v) is 2.16. The smallest absolute Gasteiger partial charge is 0.131 e. The zero-order chi connectivity index (χ0) is 13.3. The lowest BCUT2D eigenvalue weighted by Crippen LogP contribution is -2.13. The zero-order valence-electron chi connectivity index (χ0n) is 9.13. The van der Waals surface area contributed by atoms with Crippen LogP contribution in [0.1, 0.15) is 17.2 Å². The Morgan fingerprint density at radius 1 is 1.11 bits per heavy atom. The zero-order valence-corrected chi connectivity index (χ0v) is 12.0. The van der Waals surface area contributed by atoms with E-state index in [1.165, 1.54) is 12.1 Å². The van der Waals surface area contributed by atoms with Crippen LogP contribution in [0.25, 0.3) is 0 Å². The Balaban J connectivity index is 2.41. The Labute approximate surface area is 122 Å². The minimum atomic E-state index is -0.667. The largest absolute Gasteiger partial charge is 0.320 e. The molecule has 0 aromatic heterocycles. The second-order valence-electron chi connectivity index (χ2n) is 3.82. The van der Waals surface area contributed by atoms with Crippen molar-refractivity contribution in [2.75, 3.05) is 0 Å². The molecular formula is C13H9ClF2IN. The van der Waals surface area contributed by atoms with Crippen LogP contribution < -0.4 is 5.73 Å². The number of halogens is 4. The third-order valence-corrected chi connectivity index (χ3v) is 4.17. The predicted octanol–water partition coefficient (Wildman–Crippen LogP) is 4.27. The lowest BCUT2D eigenvalue weighted by molar-refractivity contribution is 0.566. The molecule has 1 atom stereocenters. The van der Waals surface area contributed by atoms with Crippen LogP contribution in [0.2, 0.25) is 5.02 Å². The molecule has 1 nitrogen and oxygen atoms in total. The van der Waals surface area contributed by atoms with Crippen molar-refractivity contribution < 1.29 is 8.78 Å². The van der Waals surface area contributed by atoms with Crippen molar-refractivity contribution in [1.82, 2.24) is 0 Å². The Morgan fingerprint density at radius 2 is 1.83 bits per heavy atom. The molecule has 0 spiro atoms. The SMILES string of the molecule is NC(c1ccc(I)c(Cl)c1)c1ccc(F)cc1F. The fourth-order valence-electron chi connectivity index (χ4n) is 1.64. The highest BCUT2D eigenvalue weighted by Gasteiger charge is 2.15. The summed E-state index contributed by atoms with van der Waals surface area (Å²) in [5.74, 6) is -1.28. The molecule has 1 unspecified atom stereocenters. The van der Waals surface area contributed by atoms with E-state index >= 15 is 0 Å². The quantitative estimate of drug-likeness (QED) is 0.775. The van der Waals surface area contributed by atoms with Crippen LogP contribution in [0, 0.1) is 15.2 Å². The molecule has 0 amide bonds. The third kappa shape index (κ3) is 2.81. The van der Waals surface area contributed by atoms with Crippen molar-refractivity contribution in [2.45, 2.75) is 6.04 Å². The molecule has 0 aliphatic heterocycles. The molecule has 0 bridgehead atoms. The van der Waals surface area contributed by atoms with Gasteiger partial charge in [-0.3, -0.25) is 0 Å². The second-order valence-corrected chi connectivity index (χ2v) is 5.39. The van der Waals surface area contributed by atoms with E-state index in [9.17, 15) is 8.78 Å². The van der Waals surface area contributed by atoms with Gasteiger partial charge < -0.3 is 5.73 Å². The van der Waals surface area contributed by atoms with Gasteiger partial charge in [0.15, 0.2) is 0 Å². The second kappa shape index (κ2) is 5.50. The van der Waals surface area contributed by atoms with E-state index in [0.717, 1.165) is 9.64 Å². The summed E-state index contributed by atoms with van der Waals surface area (Å²) in [6, 6.07) is 7.97. The molecule has 2 N–H and O–H groups in total. The van der Waals surface area contributed by atoms with Crippen LogP contribution in [0.15, 0.2) is 36.4 Å². The lowest BCUT2D eigenvalue weighted by Gasteiger charge is -2.14. The van der Waals surface area contributed by atoms with Gasteiger partial charge in [0, 0.05) is 15.2 Å². The summed E-state index contributed by atoms with van der Waals surface area (Å²) in [4.78, 5) is 0. The van der Waals surface area contributed by atoms with E-state index in [1.54, 1.807) is 18.2 Å². The molecule has 2 aromatic rings.